The largest absolute Gasteiger partial charge is 0.332 e. The summed E-state index contributed by atoms with van der Waals surface area (Å²) in [6.07, 6.45) is 0.817. The minimum Gasteiger partial charge on any atom is -0.332 e. The molecule has 0 bridgehead atoms. The molecule has 0 aliphatic carbocycles. The Morgan fingerprint density at radius 2 is 1.72 bits per heavy atom. The van der Waals surface area contributed by atoms with Gasteiger partial charge in [-0.25, -0.2) is 0 Å². The maximum Gasteiger partial charge on any atom is 0.242 e. The van der Waals surface area contributed by atoms with Gasteiger partial charge in [-0.15, -0.1) is 11.3 Å². The Morgan fingerprint density at radius 3 is 2.24 bits per heavy atom. The van der Waals surface area contributed by atoms with Crippen LogP contribution < -0.4 is 0 Å². The molecule has 1 heterocycles. The summed E-state index contributed by atoms with van der Waals surface area (Å²) >= 11 is 1.67. The van der Waals surface area contributed by atoms with Crippen molar-refractivity contribution in [3.63, 3.8) is 0 Å². The first-order valence-corrected chi connectivity index (χ1v) is 11.2. The molecule has 1 unspecified atom stereocenters. The SMILES string of the molecule is CCC(C)N(CC(=O)N(Cc1ccccc1)Cc1sccc1C)C(=O)C(C)(C)C. The Kier molecular flexibility index (Phi) is 8.03. The van der Waals surface area contributed by atoms with E-state index in [0.717, 1.165) is 12.0 Å². The van der Waals surface area contributed by atoms with E-state index < -0.39 is 5.41 Å². The van der Waals surface area contributed by atoms with Crippen LogP contribution in [-0.4, -0.2) is 34.2 Å². The molecule has 0 fully saturated rings. The van der Waals surface area contributed by atoms with Gasteiger partial charge in [0.25, 0.3) is 0 Å². The number of amides is 2. The molecule has 4 nitrogen and oxygen atoms in total. The van der Waals surface area contributed by atoms with E-state index in [0.29, 0.717) is 13.1 Å². The van der Waals surface area contributed by atoms with E-state index >= 15 is 0 Å². The van der Waals surface area contributed by atoms with Crippen molar-refractivity contribution in [2.75, 3.05) is 6.54 Å². The maximum absolute atomic E-state index is 13.4. The van der Waals surface area contributed by atoms with Crippen LogP contribution in [0.1, 0.15) is 57.0 Å². The lowest BCUT2D eigenvalue weighted by Crippen LogP contribution is -2.49. The topological polar surface area (TPSA) is 40.6 Å². The zero-order valence-corrected chi connectivity index (χ0v) is 19.4. The molecular formula is C24H34N2O2S. The van der Waals surface area contributed by atoms with Crippen molar-refractivity contribution >= 4 is 23.2 Å². The highest BCUT2D eigenvalue weighted by Gasteiger charge is 2.32. The number of aryl methyl sites for hydroxylation is 1. The van der Waals surface area contributed by atoms with Gasteiger partial charge in [-0.05, 0) is 42.8 Å². The Balaban J connectivity index is 2.26. The Labute approximate surface area is 179 Å². The van der Waals surface area contributed by atoms with E-state index in [4.69, 9.17) is 0 Å². The molecule has 1 atom stereocenters. The summed E-state index contributed by atoms with van der Waals surface area (Å²) < 4.78 is 0. The smallest absolute Gasteiger partial charge is 0.242 e. The first kappa shape index (κ1) is 23.1. The van der Waals surface area contributed by atoms with Crippen LogP contribution in [0.25, 0.3) is 0 Å². The van der Waals surface area contributed by atoms with E-state index in [1.54, 1.807) is 16.2 Å². The van der Waals surface area contributed by atoms with Crippen LogP contribution in [0, 0.1) is 12.3 Å². The molecule has 0 aliphatic heterocycles. The zero-order valence-electron chi connectivity index (χ0n) is 18.6. The lowest BCUT2D eigenvalue weighted by Gasteiger charge is -2.35. The van der Waals surface area contributed by atoms with Crippen LogP contribution in [0.15, 0.2) is 41.8 Å². The van der Waals surface area contributed by atoms with Crippen LogP contribution in [0.3, 0.4) is 0 Å². The second kappa shape index (κ2) is 10.1. The van der Waals surface area contributed by atoms with Gasteiger partial charge < -0.3 is 9.80 Å². The van der Waals surface area contributed by atoms with Crippen molar-refractivity contribution < 1.29 is 9.59 Å². The lowest BCUT2D eigenvalue weighted by atomic mass is 9.93. The van der Waals surface area contributed by atoms with Crippen molar-refractivity contribution in [2.24, 2.45) is 5.41 Å². The van der Waals surface area contributed by atoms with Crippen LogP contribution in [0.2, 0.25) is 0 Å². The molecule has 0 N–H and O–H groups in total. The van der Waals surface area contributed by atoms with Gasteiger partial charge in [0.15, 0.2) is 0 Å². The van der Waals surface area contributed by atoms with Crippen LogP contribution in [0.5, 0.6) is 0 Å². The quantitative estimate of drug-likeness (QED) is 0.591. The van der Waals surface area contributed by atoms with Crippen LogP contribution >= 0.6 is 11.3 Å². The molecule has 0 saturated carbocycles. The average molecular weight is 415 g/mol. The number of carbonyl (C=O) groups is 2. The van der Waals surface area contributed by atoms with E-state index in [1.165, 1.54) is 10.4 Å². The molecule has 1 aromatic carbocycles. The average Bonchev–Trinajstić information content (AvgIpc) is 3.09. The molecule has 2 aromatic rings. The van der Waals surface area contributed by atoms with Crippen molar-refractivity contribution in [1.29, 1.82) is 0 Å². The summed E-state index contributed by atoms with van der Waals surface area (Å²) in [6, 6.07) is 12.1. The summed E-state index contributed by atoms with van der Waals surface area (Å²) in [5.74, 6) is 0.00622. The van der Waals surface area contributed by atoms with E-state index in [9.17, 15) is 9.59 Å². The summed E-state index contributed by atoms with van der Waals surface area (Å²) in [5.41, 5.74) is 1.77. The molecule has 1 aromatic heterocycles. The number of benzene rings is 1. The summed E-state index contributed by atoms with van der Waals surface area (Å²) in [4.78, 5) is 31.2. The Hall–Kier alpha value is -2.14. The number of carbonyl (C=O) groups excluding carboxylic acids is 2. The first-order chi connectivity index (χ1) is 13.6. The van der Waals surface area contributed by atoms with Gasteiger partial charge in [0.1, 0.15) is 6.54 Å². The fraction of sp³-hybridized carbons (Fsp3) is 0.500. The third-order valence-electron chi connectivity index (χ3n) is 5.20. The summed E-state index contributed by atoms with van der Waals surface area (Å²) in [5, 5.41) is 2.06. The van der Waals surface area contributed by atoms with Crippen molar-refractivity contribution in [3.05, 3.63) is 57.8 Å². The molecule has 0 radical (unpaired) electrons. The monoisotopic (exact) mass is 414 g/mol. The van der Waals surface area contributed by atoms with E-state index in [1.807, 2.05) is 62.9 Å². The Bertz CT molecular complexity index is 808. The van der Waals surface area contributed by atoms with Crippen molar-refractivity contribution in [3.8, 4) is 0 Å². The molecule has 29 heavy (non-hydrogen) atoms. The number of rotatable bonds is 8. The number of nitrogens with zero attached hydrogens (tertiary/aromatic N) is 2. The molecule has 0 spiro atoms. The summed E-state index contributed by atoms with van der Waals surface area (Å²) in [7, 11) is 0. The minimum atomic E-state index is -0.516. The molecule has 2 rings (SSSR count). The van der Waals surface area contributed by atoms with Gasteiger partial charge >= 0.3 is 0 Å². The van der Waals surface area contributed by atoms with Gasteiger partial charge in [0, 0.05) is 22.9 Å². The van der Waals surface area contributed by atoms with Gasteiger partial charge in [-0.3, -0.25) is 9.59 Å². The van der Waals surface area contributed by atoms with Crippen LogP contribution in [-0.2, 0) is 22.7 Å². The highest BCUT2D eigenvalue weighted by atomic mass is 32.1. The second-order valence-corrected chi connectivity index (χ2v) is 9.70. The summed E-state index contributed by atoms with van der Waals surface area (Å²) in [6.45, 7) is 13.1. The normalized spacial score (nSPS) is 12.5. The predicted molar refractivity (Wildman–Crippen MR) is 121 cm³/mol. The first-order valence-electron chi connectivity index (χ1n) is 10.3. The predicted octanol–water partition coefficient (Wildman–Crippen LogP) is 5.26. The third-order valence-corrected chi connectivity index (χ3v) is 6.21. The molecular weight excluding hydrogens is 380 g/mol. The second-order valence-electron chi connectivity index (χ2n) is 8.70. The molecule has 0 aliphatic rings. The minimum absolute atomic E-state index is 0.0143. The fourth-order valence-electron chi connectivity index (χ4n) is 3.10. The molecule has 2 amide bonds. The fourth-order valence-corrected chi connectivity index (χ4v) is 4.02. The number of hydrogen-bond acceptors (Lipinski definition) is 3. The van der Waals surface area contributed by atoms with Gasteiger partial charge in [-0.1, -0.05) is 58.0 Å². The number of hydrogen-bond donors (Lipinski definition) is 0. The van der Waals surface area contributed by atoms with Crippen molar-refractivity contribution in [1.82, 2.24) is 9.80 Å². The van der Waals surface area contributed by atoms with Gasteiger partial charge in [-0.2, -0.15) is 0 Å². The highest BCUT2D eigenvalue weighted by molar-refractivity contribution is 7.10. The highest BCUT2D eigenvalue weighted by Crippen LogP contribution is 2.22. The lowest BCUT2D eigenvalue weighted by molar-refractivity contribution is -0.148. The molecule has 158 valence electrons. The molecule has 5 heteroatoms. The Morgan fingerprint density at radius 1 is 1.07 bits per heavy atom. The van der Waals surface area contributed by atoms with E-state index in [-0.39, 0.29) is 24.4 Å². The van der Waals surface area contributed by atoms with E-state index in [2.05, 4.69) is 25.3 Å². The third kappa shape index (κ3) is 6.43. The maximum atomic E-state index is 13.4. The standard InChI is InChI=1S/C24H34N2O2S/c1-7-19(3)26(23(28)24(4,5)6)17-22(27)25(15-20-11-9-8-10-12-20)16-21-18(2)13-14-29-21/h8-14,19H,7,15-17H2,1-6H3. The number of thiophene rings is 1. The van der Waals surface area contributed by atoms with Crippen LogP contribution in [0.4, 0.5) is 0 Å². The van der Waals surface area contributed by atoms with Gasteiger partial charge in [0.2, 0.25) is 11.8 Å². The van der Waals surface area contributed by atoms with Gasteiger partial charge in [0.05, 0.1) is 6.54 Å². The molecule has 0 saturated heterocycles. The zero-order chi connectivity index (χ0) is 21.6. The van der Waals surface area contributed by atoms with Crippen molar-refractivity contribution in [2.45, 2.75) is 67.1 Å².